The molecular formula is C17H28N2OS. The highest BCUT2D eigenvalue weighted by atomic mass is 32.2. The Bertz CT molecular complexity index is 415. The molecule has 0 spiro atoms. The van der Waals surface area contributed by atoms with Gasteiger partial charge in [0.25, 0.3) is 0 Å². The van der Waals surface area contributed by atoms with Crippen molar-refractivity contribution in [2.75, 3.05) is 19.6 Å². The topological polar surface area (TPSA) is 32.3 Å². The fraction of sp³-hybridized carbons (Fsp3) is 0.588. The summed E-state index contributed by atoms with van der Waals surface area (Å²) >= 11 is 1.64. The van der Waals surface area contributed by atoms with E-state index in [2.05, 4.69) is 36.5 Å². The summed E-state index contributed by atoms with van der Waals surface area (Å²) in [4.78, 5) is 15.3. The first-order chi connectivity index (χ1) is 10.1. The van der Waals surface area contributed by atoms with Crippen molar-refractivity contribution >= 4 is 17.7 Å². The molecule has 0 radical (unpaired) electrons. The van der Waals surface area contributed by atoms with Gasteiger partial charge in [0.1, 0.15) is 0 Å². The highest BCUT2D eigenvalue weighted by Crippen LogP contribution is 2.24. The van der Waals surface area contributed by atoms with Gasteiger partial charge in [-0.1, -0.05) is 19.1 Å². The van der Waals surface area contributed by atoms with E-state index in [-0.39, 0.29) is 11.2 Å². The quantitative estimate of drug-likeness (QED) is 0.559. The minimum Gasteiger partial charge on any atom is -0.342 e. The van der Waals surface area contributed by atoms with Gasteiger partial charge in [-0.05, 0) is 51.4 Å². The summed E-state index contributed by atoms with van der Waals surface area (Å²) < 4.78 is 0. The molecule has 0 aliphatic carbocycles. The number of carbonyl (C=O) groups excluding carboxylic acids is 1. The minimum atomic E-state index is -0.0334. The first kappa shape index (κ1) is 18.1. The van der Waals surface area contributed by atoms with E-state index in [1.165, 1.54) is 5.56 Å². The van der Waals surface area contributed by atoms with E-state index in [4.69, 9.17) is 0 Å². The van der Waals surface area contributed by atoms with Gasteiger partial charge in [-0.25, -0.2) is 0 Å². The summed E-state index contributed by atoms with van der Waals surface area (Å²) in [6.45, 7) is 11.7. The highest BCUT2D eigenvalue weighted by Gasteiger charge is 2.18. The van der Waals surface area contributed by atoms with Crippen molar-refractivity contribution < 1.29 is 4.79 Å². The second-order valence-electron chi connectivity index (χ2n) is 5.09. The molecule has 0 bridgehead atoms. The lowest BCUT2D eigenvalue weighted by Crippen LogP contribution is -2.36. The van der Waals surface area contributed by atoms with Gasteiger partial charge in [0.05, 0.1) is 5.25 Å². The van der Waals surface area contributed by atoms with Crippen molar-refractivity contribution in [3.63, 3.8) is 0 Å². The normalized spacial score (nSPS) is 12.2. The molecule has 1 amide bonds. The summed E-state index contributed by atoms with van der Waals surface area (Å²) in [7, 11) is 0. The molecule has 0 saturated heterocycles. The van der Waals surface area contributed by atoms with Crippen LogP contribution < -0.4 is 5.32 Å². The maximum Gasteiger partial charge on any atom is 0.235 e. The zero-order valence-electron chi connectivity index (χ0n) is 13.7. The van der Waals surface area contributed by atoms with Gasteiger partial charge in [0.2, 0.25) is 5.91 Å². The molecule has 0 aromatic heterocycles. The van der Waals surface area contributed by atoms with Crippen LogP contribution in [0.1, 0.15) is 39.7 Å². The van der Waals surface area contributed by atoms with E-state index in [9.17, 15) is 4.79 Å². The van der Waals surface area contributed by atoms with Crippen LogP contribution in [0.2, 0.25) is 0 Å². The summed E-state index contributed by atoms with van der Waals surface area (Å²) in [5, 5.41) is 3.36. The van der Waals surface area contributed by atoms with Crippen molar-refractivity contribution in [2.24, 2.45) is 0 Å². The van der Waals surface area contributed by atoms with E-state index in [0.29, 0.717) is 0 Å². The lowest BCUT2D eigenvalue weighted by molar-refractivity contribution is -0.129. The Balaban J connectivity index is 2.52. The first-order valence-electron chi connectivity index (χ1n) is 7.87. The van der Waals surface area contributed by atoms with Gasteiger partial charge < -0.3 is 10.2 Å². The third-order valence-corrected chi connectivity index (χ3v) is 4.51. The lowest BCUT2D eigenvalue weighted by atomic mass is 10.2. The Labute approximate surface area is 133 Å². The van der Waals surface area contributed by atoms with Gasteiger partial charge in [0.15, 0.2) is 0 Å². The number of thioether (sulfide) groups is 1. The molecule has 21 heavy (non-hydrogen) atoms. The van der Waals surface area contributed by atoms with E-state index in [1.807, 2.05) is 25.7 Å². The van der Waals surface area contributed by atoms with Gasteiger partial charge in [-0.15, -0.1) is 11.8 Å². The highest BCUT2D eigenvalue weighted by molar-refractivity contribution is 8.00. The molecule has 1 rings (SSSR count). The van der Waals surface area contributed by atoms with E-state index in [0.717, 1.165) is 37.5 Å². The largest absolute Gasteiger partial charge is 0.342 e. The van der Waals surface area contributed by atoms with Gasteiger partial charge in [-0.2, -0.15) is 0 Å². The van der Waals surface area contributed by atoms with E-state index >= 15 is 0 Å². The molecule has 1 aromatic carbocycles. The van der Waals surface area contributed by atoms with Gasteiger partial charge >= 0.3 is 0 Å². The van der Waals surface area contributed by atoms with Crippen molar-refractivity contribution in [3.05, 3.63) is 29.8 Å². The maximum atomic E-state index is 12.2. The Kier molecular flexibility index (Phi) is 8.47. The summed E-state index contributed by atoms with van der Waals surface area (Å²) in [6.07, 6.45) is 1.15. The molecule has 1 atom stereocenters. The molecule has 0 fully saturated rings. The van der Waals surface area contributed by atoms with Gasteiger partial charge in [0, 0.05) is 24.5 Å². The maximum absolute atomic E-state index is 12.2. The molecule has 1 unspecified atom stereocenters. The van der Waals surface area contributed by atoms with Crippen LogP contribution in [-0.2, 0) is 11.3 Å². The molecular weight excluding hydrogens is 280 g/mol. The molecule has 118 valence electrons. The second-order valence-corrected chi connectivity index (χ2v) is 6.51. The van der Waals surface area contributed by atoms with Crippen molar-refractivity contribution in [1.82, 2.24) is 10.2 Å². The van der Waals surface area contributed by atoms with Crippen molar-refractivity contribution in [1.29, 1.82) is 0 Å². The van der Waals surface area contributed by atoms with E-state index in [1.54, 1.807) is 11.8 Å². The molecule has 4 heteroatoms. The Morgan fingerprint density at radius 3 is 2.33 bits per heavy atom. The average molecular weight is 308 g/mol. The van der Waals surface area contributed by atoms with Crippen LogP contribution in [0, 0.1) is 0 Å². The zero-order valence-corrected chi connectivity index (χ0v) is 14.5. The average Bonchev–Trinajstić information content (AvgIpc) is 2.50. The molecule has 0 aliphatic rings. The van der Waals surface area contributed by atoms with Crippen molar-refractivity contribution in [2.45, 2.75) is 50.8 Å². The van der Waals surface area contributed by atoms with Crippen molar-refractivity contribution in [3.8, 4) is 0 Å². The van der Waals surface area contributed by atoms with Gasteiger partial charge in [-0.3, -0.25) is 4.79 Å². The molecule has 3 nitrogen and oxygen atoms in total. The molecule has 0 aliphatic heterocycles. The summed E-state index contributed by atoms with van der Waals surface area (Å²) in [5.74, 6) is 0.221. The van der Waals surface area contributed by atoms with E-state index < -0.39 is 0 Å². The lowest BCUT2D eigenvalue weighted by Gasteiger charge is -2.22. The number of nitrogens with one attached hydrogen (secondary N) is 1. The predicted octanol–water partition coefficient (Wildman–Crippen LogP) is 3.54. The molecule has 1 aromatic rings. The third kappa shape index (κ3) is 6.10. The first-order valence-corrected chi connectivity index (χ1v) is 8.75. The number of benzene rings is 1. The zero-order chi connectivity index (χ0) is 15.7. The van der Waals surface area contributed by atoms with Crippen LogP contribution in [0.5, 0.6) is 0 Å². The third-order valence-electron chi connectivity index (χ3n) is 3.41. The summed E-state index contributed by atoms with van der Waals surface area (Å²) in [5.41, 5.74) is 1.29. The second kappa shape index (κ2) is 9.85. The number of hydrogen-bond acceptors (Lipinski definition) is 3. The van der Waals surface area contributed by atoms with Crippen LogP contribution in [0.15, 0.2) is 29.2 Å². The van der Waals surface area contributed by atoms with Crippen LogP contribution in [-0.4, -0.2) is 35.7 Å². The number of rotatable bonds is 9. The Morgan fingerprint density at radius 2 is 1.81 bits per heavy atom. The van der Waals surface area contributed by atoms with Crippen LogP contribution in [0.4, 0.5) is 0 Å². The number of hydrogen-bond donors (Lipinski definition) is 1. The molecule has 0 heterocycles. The van der Waals surface area contributed by atoms with Crippen LogP contribution in [0.3, 0.4) is 0 Å². The monoisotopic (exact) mass is 308 g/mol. The Hall–Kier alpha value is -1.00. The Morgan fingerprint density at radius 1 is 1.19 bits per heavy atom. The smallest absolute Gasteiger partial charge is 0.235 e. The SMILES string of the molecule is CCCNCc1ccc(SC(C)C(=O)N(CC)CC)cc1. The number of amides is 1. The fourth-order valence-electron chi connectivity index (χ4n) is 2.14. The molecule has 1 N–H and O–H groups in total. The standard InChI is InChI=1S/C17H28N2OS/c1-5-12-18-13-15-8-10-16(11-9-15)21-14(4)17(20)19(6-2)7-3/h8-11,14,18H,5-7,12-13H2,1-4H3. The fourth-order valence-corrected chi connectivity index (χ4v) is 3.09. The van der Waals surface area contributed by atoms with Crippen LogP contribution >= 0.6 is 11.8 Å². The minimum absolute atomic E-state index is 0.0334. The number of carbonyl (C=O) groups is 1. The summed E-state index contributed by atoms with van der Waals surface area (Å²) in [6, 6.07) is 8.50. The molecule has 0 saturated carbocycles. The predicted molar refractivity (Wildman–Crippen MR) is 91.7 cm³/mol. The number of nitrogens with zero attached hydrogens (tertiary/aromatic N) is 1. The van der Waals surface area contributed by atoms with Crippen LogP contribution in [0.25, 0.3) is 0 Å².